The summed E-state index contributed by atoms with van der Waals surface area (Å²) >= 11 is 0. The molecular formula is C15H14O4. The first-order valence-corrected chi connectivity index (χ1v) is 6.40. The van der Waals surface area contributed by atoms with E-state index in [9.17, 15) is 9.59 Å². The van der Waals surface area contributed by atoms with Crippen molar-refractivity contribution in [2.75, 3.05) is 6.61 Å². The van der Waals surface area contributed by atoms with Gasteiger partial charge in [-0.15, -0.1) is 0 Å². The first kappa shape index (κ1) is 12.0. The fraction of sp³-hybridized carbons (Fsp3) is 0.333. The van der Waals surface area contributed by atoms with Crippen LogP contribution >= 0.6 is 0 Å². The largest absolute Gasteiger partial charge is 0.466 e. The molecule has 1 aromatic carbocycles. The van der Waals surface area contributed by atoms with Gasteiger partial charge in [0.1, 0.15) is 5.75 Å². The van der Waals surface area contributed by atoms with Gasteiger partial charge in [-0.2, -0.15) is 0 Å². The highest BCUT2D eigenvalue weighted by atomic mass is 16.5. The average Bonchev–Trinajstić information content (AvgIpc) is 2.85. The molecule has 0 bridgehead atoms. The second-order valence-corrected chi connectivity index (χ2v) is 4.66. The number of hydrogen-bond acceptors (Lipinski definition) is 4. The minimum Gasteiger partial charge on any atom is -0.466 e. The summed E-state index contributed by atoms with van der Waals surface area (Å²) in [5.74, 6) is -0.593. The summed E-state index contributed by atoms with van der Waals surface area (Å²) in [6, 6.07) is 7.35. The van der Waals surface area contributed by atoms with Gasteiger partial charge in [0.25, 0.3) is 0 Å². The molecule has 0 saturated carbocycles. The summed E-state index contributed by atoms with van der Waals surface area (Å²) in [5, 5.41) is 0. The molecule has 0 amide bonds. The summed E-state index contributed by atoms with van der Waals surface area (Å²) in [6.45, 7) is 2.13. The highest BCUT2D eigenvalue weighted by molar-refractivity contribution is 5.97. The van der Waals surface area contributed by atoms with Gasteiger partial charge < -0.3 is 9.47 Å². The van der Waals surface area contributed by atoms with Gasteiger partial charge in [0.05, 0.1) is 12.5 Å². The quantitative estimate of drug-likeness (QED) is 0.602. The summed E-state index contributed by atoms with van der Waals surface area (Å²) in [6.07, 6.45) is 2.33. The highest BCUT2D eigenvalue weighted by Crippen LogP contribution is 2.47. The van der Waals surface area contributed by atoms with Crippen LogP contribution in [0.4, 0.5) is 0 Å². The van der Waals surface area contributed by atoms with Crippen molar-refractivity contribution < 1.29 is 19.1 Å². The van der Waals surface area contributed by atoms with Gasteiger partial charge in [-0.1, -0.05) is 24.3 Å². The van der Waals surface area contributed by atoms with E-state index < -0.39 is 0 Å². The van der Waals surface area contributed by atoms with E-state index in [4.69, 9.17) is 9.47 Å². The molecule has 0 radical (unpaired) electrons. The van der Waals surface area contributed by atoms with E-state index in [1.165, 1.54) is 0 Å². The number of benzene rings is 1. The van der Waals surface area contributed by atoms with Gasteiger partial charge >= 0.3 is 11.9 Å². The van der Waals surface area contributed by atoms with Crippen LogP contribution in [0.5, 0.6) is 5.75 Å². The second kappa shape index (κ2) is 4.53. The van der Waals surface area contributed by atoms with Crippen molar-refractivity contribution >= 4 is 11.9 Å². The monoisotopic (exact) mass is 258 g/mol. The molecule has 4 nitrogen and oxygen atoms in total. The zero-order chi connectivity index (χ0) is 13.4. The summed E-state index contributed by atoms with van der Waals surface area (Å²) in [7, 11) is 0. The van der Waals surface area contributed by atoms with Crippen molar-refractivity contribution in [2.45, 2.75) is 19.3 Å². The molecule has 0 fully saturated rings. The highest BCUT2D eigenvalue weighted by Gasteiger charge is 2.44. The molecule has 1 heterocycles. The minimum atomic E-state index is -0.351. The predicted octanol–water partition coefficient (Wildman–Crippen LogP) is 2.20. The van der Waals surface area contributed by atoms with Gasteiger partial charge in [-0.3, -0.25) is 4.79 Å². The molecule has 1 aliphatic heterocycles. The van der Waals surface area contributed by atoms with Crippen molar-refractivity contribution in [3.05, 3.63) is 41.5 Å². The fourth-order valence-electron chi connectivity index (χ4n) is 2.80. The molecule has 1 aliphatic carbocycles. The third-order valence-electron chi connectivity index (χ3n) is 3.61. The average molecular weight is 258 g/mol. The maximum atomic E-state index is 12.0. The lowest BCUT2D eigenvalue weighted by molar-refractivity contribution is -0.148. The molecule has 1 aromatic rings. The Morgan fingerprint density at radius 1 is 1.42 bits per heavy atom. The molecule has 3 rings (SSSR count). The van der Waals surface area contributed by atoms with E-state index >= 15 is 0 Å². The molecule has 4 heteroatoms. The van der Waals surface area contributed by atoms with E-state index in [1.807, 2.05) is 18.2 Å². The smallest absolute Gasteiger partial charge is 0.339 e. The normalized spacial score (nSPS) is 24.1. The van der Waals surface area contributed by atoms with Crippen molar-refractivity contribution in [3.8, 4) is 5.75 Å². The zero-order valence-electron chi connectivity index (χ0n) is 10.6. The fourth-order valence-corrected chi connectivity index (χ4v) is 2.80. The van der Waals surface area contributed by atoms with Crippen LogP contribution in [-0.2, 0) is 14.3 Å². The number of carbonyl (C=O) groups is 2. The maximum Gasteiger partial charge on any atom is 0.339 e. The standard InChI is InChI=1S/C15H14O4/c1-2-18-14(16)10-7-8-11-13(10)9-5-3-4-6-12(9)19-15(11)17/h3-6,8,10,13H,2,7H2,1H3/t10-,13+/m0/s1. The van der Waals surface area contributed by atoms with Gasteiger partial charge in [-0.25, -0.2) is 4.79 Å². The molecule has 0 spiro atoms. The van der Waals surface area contributed by atoms with Gasteiger partial charge in [0.2, 0.25) is 0 Å². The third-order valence-corrected chi connectivity index (χ3v) is 3.61. The molecule has 98 valence electrons. The Morgan fingerprint density at radius 3 is 3.00 bits per heavy atom. The summed E-state index contributed by atoms with van der Waals surface area (Å²) in [4.78, 5) is 23.9. The predicted molar refractivity (Wildman–Crippen MR) is 67.6 cm³/mol. The topological polar surface area (TPSA) is 52.6 Å². The number of para-hydroxylation sites is 1. The van der Waals surface area contributed by atoms with Crippen LogP contribution in [0.3, 0.4) is 0 Å². The molecular weight excluding hydrogens is 244 g/mol. The molecule has 2 atom stereocenters. The van der Waals surface area contributed by atoms with Crippen LogP contribution in [0.25, 0.3) is 0 Å². The molecule has 0 unspecified atom stereocenters. The van der Waals surface area contributed by atoms with E-state index in [0.717, 1.165) is 5.56 Å². The van der Waals surface area contributed by atoms with Crippen LogP contribution < -0.4 is 4.74 Å². The van der Waals surface area contributed by atoms with Crippen molar-refractivity contribution in [2.24, 2.45) is 5.92 Å². The Labute approximate surface area is 111 Å². The van der Waals surface area contributed by atoms with Gasteiger partial charge in [0, 0.05) is 17.1 Å². The first-order valence-electron chi connectivity index (χ1n) is 6.40. The van der Waals surface area contributed by atoms with E-state index in [-0.39, 0.29) is 23.8 Å². The molecule has 0 N–H and O–H groups in total. The van der Waals surface area contributed by atoms with Crippen molar-refractivity contribution in [1.29, 1.82) is 0 Å². The Kier molecular flexibility index (Phi) is 2.85. The summed E-state index contributed by atoms with van der Waals surface area (Å²) in [5.41, 5.74) is 1.47. The lowest BCUT2D eigenvalue weighted by Gasteiger charge is -2.27. The Hall–Kier alpha value is -2.10. The Bertz CT molecular complexity index is 573. The molecule has 2 aliphatic rings. The van der Waals surface area contributed by atoms with Crippen molar-refractivity contribution in [3.63, 3.8) is 0 Å². The maximum absolute atomic E-state index is 12.0. The van der Waals surface area contributed by atoms with Crippen LogP contribution in [0.15, 0.2) is 35.9 Å². The number of hydrogen-bond donors (Lipinski definition) is 0. The first-order chi connectivity index (χ1) is 9.22. The van der Waals surface area contributed by atoms with Crippen molar-refractivity contribution in [1.82, 2.24) is 0 Å². The number of esters is 2. The molecule has 19 heavy (non-hydrogen) atoms. The SMILES string of the molecule is CCOC(=O)[C@H]1CC=C2C(=O)Oc3ccccc3[C@@H]21. The van der Waals surface area contributed by atoms with Gasteiger partial charge in [-0.05, 0) is 19.4 Å². The Balaban J connectivity index is 2.01. The number of rotatable bonds is 2. The van der Waals surface area contributed by atoms with Gasteiger partial charge in [0.15, 0.2) is 0 Å². The van der Waals surface area contributed by atoms with Crippen LogP contribution in [0.1, 0.15) is 24.8 Å². The number of allylic oxidation sites excluding steroid dienone is 1. The third kappa shape index (κ3) is 1.84. The zero-order valence-corrected chi connectivity index (χ0v) is 10.6. The second-order valence-electron chi connectivity index (χ2n) is 4.66. The lowest BCUT2D eigenvalue weighted by Crippen LogP contribution is -2.29. The van der Waals surface area contributed by atoms with Crippen LogP contribution in [0.2, 0.25) is 0 Å². The Morgan fingerprint density at radius 2 is 2.21 bits per heavy atom. The molecule has 0 saturated heterocycles. The van der Waals surface area contributed by atoms with E-state index in [0.29, 0.717) is 24.4 Å². The summed E-state index contributed by atoms with van der Waals surface area (Å²) < 4.78 is 10.4. The molecule has 0 aromatic heterocycles. The number of carbonyl (C=O) groups excluding carboxylic acids is 2. The van der Waals surface area contributed by atoms with E-state index in [2.05, 4.69) is 0 Å². The number of ether oxygens (including phenoxy) is 2. The van der Waals surface area contributed by atoms with Crippen LogP contribution in [-0.4, -0.2) is 18.5 Å². The van der Waals surface area contributed by atoms with Crippen LogP contribution in [0, 0.1) is 5.92 Å². The number of fused-ring (bicyclic) bond motifs is 3. The lowest BCUT2D eigenvalue weighted by atomic mass is 9.83. The minimum absolute atomic E-state index is 0.225. The van der Waals surface area contributed by atoms with E-state index in [1.54, 1.807) is 19.1 Å².